The van der Waals surface area contributed by atoms with E-state index in [-0.39, 0.29) is 11.5 Å². The third kappa shape index (κ3) is 5.11. The predicted octanol–water partition coefficient (Wildman–Crippen LogP) is 3.64. The predicted molar refractivity (Wildman–Crippen MR) is 120 cm³/mol. The first-order valence-electron chi connectivity index (χ1n) is 9.19. The number of halogens is 2. The molecule has 0 unspecified atom stereocenters. The second kappa shape index (κ2) is 9.27. The number of carbonyl (C=O) groups is 1. The monoisotopic (exact) mass is 501 g/mol. The van der Waals surface area contributed by atoms with Gasteiger partial charge in [-0.25, -0.2) is 13.4 Å². The molecular weight excluding hydrogens is 485 g/mol. The molecule has 1 fully saturated rings. The van der Waals surface area contributed by atoms with Gasteiger partial charge in [0.15, 0.2) is 11.7 Å². The number of thiazole rings is 1. The number of ether oxygens (including phenoxy) is 2. The van der Waals surface area contributed by atoms with Crippen molar-refractivity contribution in [2.45, 2.75) is 4.90 Å². The number of fused-ring (bicyclic) bond motifs is 1. The molecule has 164 valence electrons. The van der Waals surface area contributed by atoms with Gasteiger partial charge in [-0.3, -0.25) is 10.1 Å². The molecule has 3 aromatic rings. The second-order valence-electron chi connectivity index (χ2n) is 6.58. The Kier molecular flexibility index (Phi) is 6.65. The normalized spacial score (nSPS) is 15.2. The highest BCUT2D eigenvalue weighted by atomic mass is 35.5. The smallest absolute Gasteiger partial charge is 0.264 e. The number of morpholine rings is 1. The highest BCUT2D eigenvalue weighted by Crippen LogP contribution is 2.30. The number of benzene rings is 2. The molecule has 1 aliphatic heterocycles. The first-order chi connectivity index (χ1) is 14.8. The van der Waals surface area contributed by atoms with E-state index in [4.69, 9.17) is 32.7 Å². The molecule has 1 amide bonds. The van der Waals surface area contributed by atoms with Gasteiger partial charge in [-0.1, -0.05) is 34.5 Å². The van der Waals surface area contributed by atoms with Crippen LogP contribution in [0, 0.1) is 0 Å². The summed E-state index contributed by atoms with van der Waals surface area (Å²) in [4.78, 5) is 16.7. The number of aromatic nitrogens is 1. The fraction of sp³-hybridized carbons (Fsp3) is 0.263. The molecule has 0 aliphatic carbocycles. The number of nitrogens with zero attached hydrogens (tertiary/aromatic N) is 2. The van der Waals surface area contributed by atoms with E-state index in [1.54, 1.807) is 24.3 Å². The summed E-state index contributed by atoms with van der Waals surface area (Å²) < 4.78 is 38.3. The number of amides is 1. The minimum Gasteiger partial charge on any atom is -0.482 e. The maximum Gasteiger partial charge on any atom is 0.264 e. The van der Waals surface area contributed by atoms with Gasteiger partial charge in [0, 0.05) is 18.1 Å². The molecule has 0 saturated carbocycles. The van der Waals surface area contributed by atoms with Gasteiger partial charge >= 0.3 is 0 Å². The summed E-state index contributed by atoms with van der Waals surface area (Å²) in [6, 6.07) is 9.41. The van der Waals surface area contributed by atoms with Gasteiger partial charge in [0.1, 0.15) is 5.75 Å². The number of hydrogen-bond acceptors (Lipinski definition) is 7. The summed E-state index contributed by atoms with van der Waals surface area (Å²) in [5.41, 5.74) is 0.586. The summed E-state index contributed by atoms with van der Waals surface area (Å²) in [6.45, 7) is 1.13. The van der Waals surface area contributed by atoms with E-state index in [0.29, 0.717) is 57.4 Å². The lowest BCUT2D eigenvalue weighted by Gasteiger charge is -2.25. The number of anilines is 1. The summed E-state index contributed by atoms with van der Waals surface area (Å²) in [5, 5.41) is 3.76. The average Bonchev–Trinajstić information content (AvgIpc) is 3.15. The Morgan fingerprint density at radius 3 is 2.71 bits per heavy atom. The van der Waals surface area contributed by atoms with Crippen LogP contribution in [0.15, 0.2) is 41.3 Å². The van der Waals surface area contributed by atoms with E-state index in [2.05, 4.69) is 10.3 Å². The maximum atomic E-state index is 12.8. The molecule has 1 aromatic heterocycles. The van der Waals surface area contributed by atoms with Crippen molar-refractivity contribution >= 4 is 65.8 Å². The first-order valence-corrected chi connectivity index (χ1v) is 12.2. The van der Waals surface area contributed by atoms with Crippen molar-refractivity contribution in [3.63, 3.8) is 0 Å². The number of carbonyl (C=O) groups excluding carboxylic acids is 1. The highest BCUT2D eigenvalue weighted by Gasteiger charge is 2.26. The van der Waals surface area contributed by atoms with Crippen LogP contribution in [-0.4, -0.2) is 56.5 Å². The number of nitrogens with one attached hydrogen (secondary N) is 1. The van der Waals surface area contributed by atoms with Crippen LogP contribution in [0.25, 0.3) is 10.2 Å². The van der Waals surface area contributed by atoms with Crippen molar-refractivity contribution in [3.05, 3.63) is 46.4 Å². The zero-order chi connectivity index (χ0) is 22.0. The molecule has 4 rings (SSSR count). The van der Waals surface area contributed by atoms with E-state index < -0.39 is 15.9 Å². The number of sulfonamides is 1. The van der Waals surface area contributed by atoms with Crippen LogP contribution in [0.3, 0.4) is 0 Å². The molecule has 31 heavy (non-hydrogen) atoms. The lowest BCUT2D eigenvalue weighted by molar-refractivity contribution is -0.118. The van der Waals surface area contributed by atoms with Crippen molar-refractivity contribution in [2.24, 2.45) is 0 Å². The molecule has 1 aliphatic rings. The van der Waals surface area contributed by atoms with E-state index in [1.165, 1.54) is 27.8 Å². The van der Waals surface area contributed by atoms with Crippen LogP contribution in [0.1, 0.15) is 0 Å². The zero-order valence-electron chi connectivity index (χ0n) is 16.0. The number of rotatable bonds is 6. The van der Waals surface area contributed by atoms with Crippen molar-refractivity contribution < 1.29 is 22.7 Å². The minimum atomic E-state index is -3.61. The van der Waals surface area contributed by atoms with E-state index in [1.807, 2.05) is 0 Å². The van der Waals surface area contributed by atoms with E-state index in [0.717, 1.165) is 0 Å². The molecule has 0 spiro atoms. The summed E-state index contributed by atoms with van der Waals surface area (Å²) in [6.07, 6.45) is 0. The van der Waals surface area contributed by atoms with Crippen molar-refractivity contribution in [1.82, 2.24) is 9.29 Å². The van der Waals surface area contributed by atoms with E-state index >= 15 is 0 Å². The maximum absolute atomic E-state index is 12.8. The summed E-state index contributed by atoms with van der Waals surface area (Å²) in [7, 11) is -3.61. The number of hydrogen-bond donors (Lipinski definition) is 1. The van der Waals surface area contributed by atoms with Gasteiger partial charge in [0.05, 0.1) is 33.3 Å². The van der Waals surface area contributed by atoms with Gasteiger partial charge in [-0.05, 0) is 36.4 Å². The van der Waals surface area contributed by atoms with Gasteiger partial charge in [0.25, 0.3) is 5.91 Å². The van der Waals surface area contributed by atoms with Crippen LogP contribution in [0.5, 0.6) is 5.75 Å². The Balaban J connectivity index is 1.44. The molecule has 0 bridgehead atoms. The van der Waals surface area contributed by atoms with Gasteiger partial charge < -0.3 is 9.47 Å². The van der Waals surface area contributed by atoms with Crippen LogP contribution in [-0.2, 0) is 19.6 Å². The average molecular weight is 502 g/mol. The molecule has 8 nitrogen and oxygen atoms in total. The van der Waals surface area contributed by atoms with Gasteiger partial charge in [-0.2, -0.15) is 4.31 Å². The van der Waals surface area contributed by atoms with Crippen LogP contribution in [0.2, 0.25) is 10.0 Å². The molecule has 1 saturated heterocycles. The fourth-order valence-electron chi connectivity index (χ4n) is 2.95. The molecule has 12 heteroatoms. The van der Waals surface area contributed by atoms with Crippen LogP contribution in [0.4, 0.5) is 5.13 Å². The minimum absolute atomic E-state index is 0.184. The first kappa shape index (κ1) is 22.3. The molecule has 0 radical (unpaired) electrons. The second-order valence-corrected chi connectivity index (χ2v) is 10.4. The lowest BCUT2D eigenvalue weighted by atomic mass is 10.3. The molecule has 2 aromatic carbocycles. The third-order valence-corrected chi connectivity index (χ3v) is 7.83. The lowest BCUT2D eigenvalue weighted by Crippen LogP contribution is -2.40. The Morgan fingerprint density at radius 1 is 1.19 bits per heavy atom. The van der Waals surface area contributed by atoms with Crippen molar-refractivity contribution in [2.75, 3.05) is 38.2 Å². The Labute approximate surface area is 192 Å². The van der Waals surface area contributed by atoms with Crippen molar-refractivity contribution in [3.8, 4) is 5.75 Å². The SMILES string of the molecule is O=C(COc1ccc(Cl)cc1Cl)Nc1nc2ccc(S(=O)(=O)N3CCOCC3)cc2s1. The molecular formula is C19H17Cl2N3O5S2. The van der Waals surface area contributed by atoms with Crippen LogP contribution < -0.4 is 10.1 Å². The quantitative estimate of drug-likeness (QED) is 0.553. The Bertz CT molecular complexity index is 1230. The van der Waals surface area contributed by atoms with Crippen molar-refractivity contribution in [1.29, 1.82) is 0 Å². The van der Waals surface area contributed by atoms with Crippen LogP contribution >= 0.6 is 34.5 Å². The zero-order valence-corrected chi connectivity index (χ0v) is 19.2. The highest BCUT2D eigenvalue weighted by molar-refractivity contribution is 7.89. The van der Waals surface area contributed by atoms with Gasteiger partial charge in [-0.15, -0.1) is 0 Å². The largest absolute Gasteiger partial charge is 0.482 e. The Hall–Kier alpha value is -1.95. The fourth-order valence-corrected chi connectivity index (χ4v) is 5.84. The molecule has 1 N–H and O–H groups in total. The molecule has 0 atom stereocenters. The topological polar surface area (TPSA) is 97.8 Å². The van der Waals surface area contributed by atoms with Gasteiger partial charge in [0.2, 0.25) is 10.0 Å². The standard InChI is InChI=1S/C19H17Cl2N3O5S2/c20-12-1-4-16(14(21)9-12)29-11-18(25)23-19-22-15-3-2-13(10-17(15)30-19)31(26,27)24-5-7-28-8-6-24/h1-4,9-10H,5-8,11H2,(H,22,23,25). The molecule has 2 heterocycles. The van der Waals surface area contributed by atoms with E-state index in [9.17, 15) is 13.2 Å². The third-order valence-electron chi connectivity index (χ3n) is 4.47. The Morgan fingerprint density at radius 2 is 1.97 bits per heavy atom. The summed E-state index contributed by atoms with van der Waals surface area (Å²) in [5.74, 6) is -0.0882. The summed E-state index contributed by atoms with van der Waals surface area (Å²) >= 11 is 13.0.